The highest BCUT2D eigenvalue weighted by Crippen LogP contribution is 2.37. The SMILES string of the molecule is COc1ccc(-n2ncc(C(=O)Nc3ccc(F)c(C4(C)CCSC(N)=N4)c3)c2C)cc1. The molecular formula is C23H24FN5O2S. The maximum atomic E-state index is 14.6. The molecule has 1 amide bonds. The summed E-state index contributed by atoms with van der Waals surface area (Å²) >= 11 is 1.46. The third kappa shape index (κ3) is 4.20. The lowest BCUT2D eigenvalue weighted by Crippen LogP contribution is -2.29. The number of nitrogens with two attached hydrogens (primary N) is 1. The van der Waals surface area contributed by atoms with Gasteiger partial charge in [0.1, 0.15) is 11.6 Å². The van der Waals surface area contributed by atoms with Gasteiger partial charge in [-0.05, 0) is 62.7 Å². The van der Waals surface area contributed by atoms with Gasteiger partial charge < -0.3 is 15.8 Å². The van der Waals surface area contributed by atoms with Crippen LogP contribution in [0.25, 0.3) is 5.69 Å². The van der Waals surface area contributed by atoms with Crippen molar-refractivity contribution in [2.75, 3.05) is 18.2 Å². The minimum absolute atomic E-state index is 0.327. The first-order valence-electron chi connectivity index (χ1n) is 10.1. The number of aliphatic imine (C=N–C) groups is 1. The predicted octanol–water partition coefficient (Wildman–Crippen LogP) is 4.25. The van der Waals surface area contributed by atoms with Gasteiger partial charge in [-0.2, -0.15) is 5.10 Å². The number of benzene rings is 2. The number of ether oxygens (including phenoxy) is 1. The molecule has 2 aromatic carbocycles. The third-order valence-corrected chi connectivity index (χ3v) is 6.37. The number of carbonyl (C=O) groups excluding carboxylic acids is 1. The number of carbonyl (C=O) groups is 1. The summed E-state index contributed by atoms with van der Waals surface area (Å²) in [7, 11) is 1.60. The third-order valence-electron chi connectivity index (χ3n) is 5.57. The summed E-state index contributed by atoms with van der Waals surface area (Å²) in [5.41, 5.74) is 7.92. The summed E-state index contributed by atoms with van der Waals surface area (Å²) in [4.78, 5) is 17.4. The lowest BCUT2D eigenvalue weighted by Gasteiger charge is -2.30. The van der Waals surface area contributed by atoms with E-state index in [1.807, 2.05) is 38.1 Å². The van der Waals surface area contributed by atoms with Gasteiger partial charge in [0, 0.05) is 17.0 Å². The number of nitrogens with zero attached hydrogens (tertiary/aromatic N) is 3. The molecule has 0 fully saturated rings. The lowest BCUT2D eigenvalue weighted by atomic mass is 9.89. The fourth-order valence-electron chi connectivity index (χ4n) is 3.71. The van der Waals surface area contributed by atoms with E-state index in [2.05, 4.69) is 15.4 Å². The summed E-state index contributed by atoms with van der Waals surface area (Å²) in [5, 5.41) is 7.64. The quantitative estimate of drug-likeness (QED) is 0.602. The molecule has 9 heteroatoms. The van der Waals surface area contributed by atoms with Crippen LogP contribution in [0.3, 0.4) is 0 Å². The number of hydrogen-bond acceptors (Lipinski definition) is 6. The Morgan fingerprint density at radius 1 is 1.28 bits per heavy atom. The standard InChI is InChI=1S/C23H24FN5O2S/c1-14-18(13-26-29(14)16-5-7-17(31-3)8-6-16)21(30)27-15-4-9-20(24)19(12-15)23(2)10-11-32-22(25)28-23/h4-9,12-13H,10-11H2,1-3H3,(H2,25,28)(H,27,30). The average molecular weight is 454 g/mol. The maximum Gasteiger partial charge on any atom is 0.259 e. The van der Waals surface area contributed by atoms with E-state index in [0.29, 0.717) is 34.1 Å². The van der Waals surface area contributed by atoms with E-state index in [4.69, 9.17) is 10.5 Å². The number of nitrogens with one attached hydrogen (secondary N) is 1. The van der Waals surface area contributed by atoms with Gasteiger partial charge in [-0.1, -0.05) is 11.8 Å². The smallest absolute Gasteiger partial charge is 0.259 e. The molecule has 3 N–H and O–H groups in total. The molecule has 4 rings (SSSR count). The second-order valence-corrected chi connectivity index (χ2v) is 8.84. The highest BCUT2D eigenvalue weighted by molar-refractivity contribution is 8.13. The van der Waals surface area contributed by atoms with Crippen molar-refractivity contribution in [3.63, 3.8) is 0 Å². The minimum Gasteiger partial charge on any atom is -0.497 e. The number of amidine groups is 1. The van der Waals surface area contributed by atoms with Crippen LogP contribution in [0.15, 0.2) is 53.7 Å². The number of aromatic nitrogens is 2. The van der Waals surface area contributed by atoms with E-state index in [9.17, 15) is 9.18 Å². The van der Waals surface area contributed by atoms with Crippen LogP contribution < -0.4 is 15.8 Å². The van der Waals surface area contributed by atoms with E-state index >= 15 is 0 Å². The van der Waals surface area contributed by atoms with Gasteiger partial charge in [0.15, 0.2) is 5.17 Å². The monoisotopic (exact) mass is 453 g/mol. The first kappa shape index (κ1) is 21.9. The molecule has 1 aromatic heterocycles. The highest BCUT2D eigenvalue weighted by atomic mass is 32.2. The molecule has 3 aromatic rings. The Kier molecular flexibility index (Phi) is 5.92. The molecule has 1 aliphatic heterocycles. The summed E-state index contributed by atoms with van der Waals surface area (Å²) < 4.78 is 21.5. The van der Waals surface area contributed by atoms with Gasteiger partial charge in [0.25, 0.3) is 5.91 Å². The molecule has 0 saturated heterocycles. The molecule has 32 heavy (non-hydrogen) atoms. The Morgan fingerprint density at radius 3 is 2.72 bits per heavy atom. The Hall–Kier alpha value is -3.33. The molecule has 0 aliphatic carbocycles. The van der Waals surface area contributed by atoms with Crippen molar-refractivity contribution < 1.29 is 13.9 Å². The molecule has 166 valence electrons. The van der Waals surface area contributed by atoms with Gasteiger partial charge in [-0.15, -0.1) is 0 Å². The van der Waals surface area contributed by atoms with Gasteiger partial charge >= 0.3 is 0 Å². The van der Waals surface area contributed by atoms with Crippen molar-refractivity contribution >= 4 is 28.5 Å². The molecule has 0 saturated carbocycles. The largest absolute Gasteiger partial charge is 0.497 e. The molecular weight excluding hydrogens is 429 g/mol. The Balaban J connectivity index is 1.58. The van der Waals surface area contributed by atoms with Crippen LogP contribution in [-0.2, 0) is 5.54 Å². The molecule has 0 radical (unpaired) electrons. The molecule has 1 atom stereocenters. The van der Waals surface area contributed by atoms with Gasteiger partial charge in [-0.3, -0.25) is 9.79 Å². The molecule has 2 heterocycles. The summed E-state index contributed by atoms with van der Waals surface area (Å²) in [6, 6.07) is 11.9. The van der Waals surface area contributed by atoms with E-state index in [-0.39, 0.29) is 11.7 Å². The van der Waals surface area contributed by atoms with Crippen LogP contribution in [0, 0.1) is 12.7 Å². The van der Waals surface area contributed by atoms with Crippen LogP contribution >= 0.6 is 11.8 Å². The van der Waals surface area contributed by atoms with Crippen molar-refractivity contribution in [1.82, 2.24) is 9.78 Å². The lowest BCUT2D eigenvalue weighted by molar-refractivity contribution is 0.102. The normalized spacial score (nSPS) is 18.2. The first-order chi connectivity index (χ1) is 15.3. The van der Waals surface area contributed by atoms with E-state index in [1.165, 1.54) is 30.1 Å². The number of anilines is 1. The van der Waals surface area contributed by atoms with Crippen LogP contribution in [0.4, 0.5) is 10.1 Å². The zero-order valence-corrected chi connectivity index (χ0v) is 18.9. The van der Waals surface area contributed by atoms with Gasteiger partial charge in [0.2, 0.25) is 0 Å². The van der Waals surface area contributed by atoms with Crippen LogP contribution in [0.2, 0.25) is 0 Å². The second kappa shape index (κ2) is 8.66. The minimum atomic E-state index is -0.769. The number of hydrogen-bond donors (Lipinski definition) is 2. The van der Waals surface area contributed by atoms with Crippen molar-refractivity contribution in [2.45, 2.75) is 25.8 Å². The second-order valence-electron chi connectivity index (χ2n) is 7.72. The Bertz CT molecular complexity index is 1190. The summed E-state index contributed by atoms with van der Waals surface area (Å²) in [5.74, 6) is 0.788. The predicted molar refractivity (Wildman–Crippen MR) is 125 cm³/mol. The van der Waals surface area contributed by atoms with Crippen LogP contribution in [-0.4, -0.2) is 33.7 Å². The van der Waals surface area contributed by atoms with Gasteiger partial charge in [-0.25, -0.2) is 9.07 Å². The highest BCUT2D eigenvalue weighted by Gasteiger charge is 2.32. The van der Waals surface area contributed by atoms with Crippen molar-refractivity contribution in [2.24, 2.45) is 10.7 Å². The number of amides is 1. The van der Waals surface area contributed by atoms with E-state index in [0.717, 1.165) is 17.2 Å². The maximum absolute atomic E-state index is 14.6. The summed E-state index contributed by atoms with van der Waals surface area (Å²) in [6.45, 7) is 3.67. The van der Waals surface area contributed by atoms with Crippen LogP contribution in [0.5, 0.6) is 5.75 Å². The zero-order chi connectivity index (χ0) is 22.9. The fourth-order valence-corrected chi connectivity index (χ4v) is 4.69. The van der Waals surface area contributed by atoms with Crippen molar-refractivity contribution in [3.8, 4) is 11.4 Å². The average Bonchev–Trinajstić information content (AvgIpc) is 3.16. The number of methoxy groups -OCH3 is 1. The van der Waals surface area contributed by atoms with Crippen molar-refractivity contribution in [1.29, 1.82) is 0 Å². The van der Waals surface area contributed by atoms with Gasteiger partial charge in [0.05, 0.1) is 35.8 Å². The summed E-state index contributed by atoms with van der Waals surface area (Å²) in [6.07, 6.45) is 2.17. The Morgan fingerprint density at radius 2 is 2.03 bits per heavy atom. The number of halogens is 1. The van der Waals surface area contributed by atoms with Crippen LogP contribution in [0.1, 0.15) is 35.0 Å². The van der Waals surface area contributed by atoms with E-state index < -0.39 is 5.54 Å². The molecule has 0 bridgehead atoms. The van der Waals surface area contributed by atoms with Crippen molar-refractivity contribution in [3.05, 3.63) is 71.3 Å². The fraction of sp³-hybridized carbons (Fsp3) is 0.261. The zero-order valence-electron chi connectivity index (χ0n) is 18.1. The topological polar surface area (TPSA) is 94.5 Å². The molecule has 1 aliphatic rings. The molecule has 0 spiro atoms. The molecule has 7 nitrogen and oxygen atoms in total. The Labute approximate surface area is 189 Å². The molecule has 1 unspecified atom stereocenters. The number of thioether (sulfide) groups is 1. The number of rotatable bonds is 5. The van der Waals surface area contributed by atoms with E-state index in [1.54, 1.807) is 17.9 Å². The first-order valence-corrected chi connectivity index (χ1v) is 11.1.